The predicted octanol–water partition coefficient (Wildman–Crippen LogP) is 1.40. The van der Waals surface area contributed by atoms with E-state index < -0.39 is 0 Å². The quantitative estimate of drug-likeness (QED) is 0.742. The Morgan fingerprint density at radius 3 is 3.07 bits per heavy atom. The maximum Gasteiger partial charge on any atom is 0.0660 e. The Labute approximate surface area is 84.3 Å². The summed E-state index contributed by atoms with van der Waals surface area (Å²) in [6.07, 6.45) is 6.64. The minimum Gasteiger partial charge on any atom is -0.311 e. The van der Waals surface area contributed by atoms with Crippen molar-refractivity contribution in [3.05, 3.63) is 17.0 Å². The van der Waals surface area contributed by atoms with Crippen molar-refractivity contribution in [2.75, 3.05) is 6.54 Å². The van der Waals surface area contributed by atoms with E-state index in [4.69, 9.17) is 0 Å². The predicted molar refractivity (Wildman–Crippen MR) is 55.0 cm³/mol. The largest absolute Gasteiger partial charge is 0.311 e. The van der Waals surface area contributed by atoms with Crippen molar-refractivity contribution >= 4 is 0 Å². The normalized spacial score (nSPS) is 21.7. The Morgan fingerprint density at radius 1 is 1.36 bits per heavy atom. The molecule has 0 saturated heterocycles. The number of rotatable bonds is 2. The molecule has 0 atom stereocenters. The molecule has 2 heterocycles. The smallest absolute Gasteiger partial charge is 0.0660 e. The first kappa shape index (κ1) is 8.48. The van der Waals surface area contributed by atoms with E-state index in [9.17, 15) is 0 Å². The van der Waals surface area contributed by atoms with Gasteiger partial charge in [-0.1, -0.05) is 19.3 Å². The van der Waals surface area contributed by atoms with Gasteiger partial charge in [0.15, 0.2) is 0 Å². The van der Waals surface area contributed by atoms with Crippen molar-refractivity contribution in [1.29, 1.82) is 0 Å². The van der Waals surface area contributed by atoms with Crippen LogP contribution in [-0.4, -0.2) is 16.7 Å². The number of aromatic nitrogens is 2. The zero-order chi connectivity index (χ0) is 9.38. The standard InChI is InChI=1S/C11H17N3/c1-2-8(3-1)6-10-9-4-5-12-7-11(9)14-13-10/h8,12H,1-7H2,(H,13,14). The molecule has 14 heavy (non-hydrogen) atoms. The number of hydrogen-bond acceptors (Lipinski definition) is 2. The van der Waals surface area contributed by atoms with Gasteiger partial charge in [0.1, 0.15) is 0 Å². The molecule has 0 spiro atoms. The van der Waals surface area contributed by atoms with Crippen LogP contribution in [0.2, 0.25) is 0 Å². The van der Waals surface area contributed by atoms with Gasteiger partial charge in [0.2, 0.25) is 0 Å². The van der Waals surface area contributed by atoms with E-state index in [0.717, 1.165) is 25.4 Å². The van der Waals surface area contributed by atoms with Crippen LogP contribution in [0, 0.1) is 5.92 Å². The third-order valence-corrected chi connectivity index (χ3v) is 3.60. The summed E-state index contributed by atoms with van der Waals surface area (Å²) in [5, 5.41) is 11.0. The fourth-order valence-corrected chi connectivity index (χ4v) is 2.45. The molecule has 2 aliphatic rings. The van der Waals surface area contributed by atoms with Crippen molar-refractivity contribution in [3.8, 4) is 0 Å². The van der Waals surface area contributed by atoms with Gasteiger partial charge in [-0.2, -0.15) is 5.10 Å². The molecule has 1 aromatic heterocycles. The molecule has 0 aromatic carbocycles. The highest BCUT2D eigenvalue weighted by Crippen LogP contribution is 2.30. The first-order valence-electron chi connectivity index (χ1n) is 5.69. The van der Waals surface area contributed by atoms with Gasteiger partial charge in [-0.3, -0.25) is 5.10 Å². The lowest BCUT2D eigenvalue weighted by molar-refractivity contribution is 0.311. The van der Waals surface area contributed by atoms with Crippen molar-refractivity contribution in [2.45, 2.75) is 38.6 Å². The number of fused-ring (bicyclic) bond motifs is 1. The lowest BCUT2D eigenvalue weighted by atomic mass is 9.81. The van der Waals surface area contributed by atoms with Crippen molar-refractivity contribution in [1.82, 2.24) is 15.5 Å². The fourth-order valence-electron chi connectivity index (χ4n) is 2.45. The molecule has 1 aliphatic carbocycles. The molecule has 0 amide bonds. The summed E-state index contributed by atoms with van der Waals surface area (Å²) in [5.41, 5.74) is 4.19. The summed E-state index contributed by atoms with van der Waals surface area (Å²) in [4.78, 5) is 0. The summed E-state index contributed by atoms with van der Waals surface area (Å²) in [6, 6.07) is 0. The molecule has 0 radical (unpaired) electrons. The number of nitrogens with zero attached hydrogens (tertiary/aromatic N) is 1. The summed E-state index contributed by atoms with van der Waals surface area (Å²) >= 11 is 0. The average Bonchev–Trinajstić information content (AvgIpc) is 2.55. The van der Waals surface area contributed by atoms with Gasteiger partial charge in [-0.25, -0.2) is 0 Å². The van der Waals surface area contributed by atoms with Crippen molar-refractivity contribution in [2.24, 2.45) is 5.92 Å². The van der Waals surface area contributed by atoms with Crippen LogP contribution in [-0.2, 0) is 19.4 Å². The van der Waals surface area contributed by atoms with Crippen LogP contribution in [0.1, 0.15) is 36.2 Å². The van der Waals surface area contributed by atoms with Crippen LogP contribution < -0.4 is 5.32 Å². The highest BCUT2D eigenvalue weighted by Gasteiger charge is 2.22. The molecule has 1 aliphatic heterocycles. The van der Waals surface area contributed by atoms with Crippen LogP contribution in [0.25, 0.3) is 0 Å². The molecule has 0 bridgehead atoms. The van der Waals surface area contributed by atoms with Crippen LogP contribution in [0.15, 0.2) is 0 Å². The Balaban J connectivity index is 1.79. The molecule has 3 rings (SSSR count). The second-order valence-electron chi connectivity index (χ2n) is 4.56. The summed E-state index contributed by atoms with van der Waals surface area (Å²) in [5.74, 6) is 0.928. The van der Waals surface area contributed by atoms with Crippen molar-refractivity contribution < 1.29 is 0 Å². The Kier molecular flexibility index (Phi) is 2.05. The zero-order valence-electron chi connectivity index (χ0n) is 8.47. The summed E-state index contributed by atoms with van der Waals surface area (Å²) < 4.78 is 0. The van der Waals surface area contributed by atoms with Gasteiger partial charge in [0.05, 0.1) is 11.4 Å². The van der Waals surface area contributed by atoms with E-state index >= 15 is 0 Å². The maximum atomic E-state index is 4.45. The highest BCUT2D eigenvalue weighted by molar-refractivity contribution is 5.28. The maximum absolute atomic E-state index is 4.45. The first-order chi connectivity index (χ1) is 6.93. The third-order valence-electron chi connectivity index (χ3n) is 3.60. The Bertz CT molecular complexity index is 325. The number of aromatic amines is 1. The number of H-pyrrole nitrogens is 1. The molecule has 1 saturated carbocycles. The molecule has 0 unspecified atom stereocenters. The van der Waals surface area contributed by atoms with Gasteiger partial charge in [0, 0.05) is 6.54 Å². The first-order valence-corrected chi connectivity index (χ1v) is 5.69. The van der Waals surface area contributed by atoms with Gasteiger partial charge in [-0.05, 0) is 30.9 Å². The van der Waals surface area contributed by atoms with E-state index in [1.807, 2.05) is 0 Å². The molecular weight excluding hydrogens is 174 g/mol. The zero-order valence-corrected chi connectivity index (χ0v) is 8.47. The molecule has 76 valence electrons. The lowest BCUT2D eigenvalue weighted by Gasteiger charge is -2.25. The van der Waals surface area contributed by atoms with E-state index in [1.54, 1.807) is 0 Å². The van der Waals surface area contributed by atoms with E-state index in [1.165, 1.54) is 42.6 Å². The van der Waals surface area contributed by atoms with Gasteiger partial charge < -0.3 is 5.32 Å². The molecule has 1 aromatic rings. The summed E-state index contributed by atoms with van der Waals surface area (Å²) in [7, 11) is 0. The third kappa shape index (κ3) is 1.36. The van der Waals surface area contributed by atoms with Gasteiger partial charge >= 0.3 is 0 Å². The minimum atomic E-state index is 0.928. The SMILES string of the molecule is C1CC(Cc2n[nH]c3c2CCNC3)C1. The van der Waals surface area contributed by atoms with E-state index in [-0.39, 0.29) is 0 Å². The second-order valence-corrected chi connectivity index (χ2v) is 4.56. The van der Waals surface area contributed by atoms with Gasteiger partial charge in [-0.15, -0.1) is 0 Å². The Hall–Kier alpha value is -0.830. The average molecular weight is 191 g/mol. The van der Waals surface area contributed by atoms with Crippen LogP contribution in [0.5, 0.6) is 0 Å². The molecular formula is C11H17N3. The monoisotopic (exact) mass is 191 g/mol. The van der Waals surface area contributed by atoms with Crippen LogP contribution in [0.3, 0.4) is 0 Å². The number of hydrogen-bond donors (Lipinski definition) is 2. The number of nitrogens with one attached hydrogen (secondary N) is 2. The second kappa shape index (κ2) is 3.39. The molecule has 2 N–H and O–H groups in total. The molecule has 3 heteroatoms. The summed E-state index contributed by atoms with van der Waals surface area (Å²) in [6.45, 7) is 2.09. The highest BCUT2D eigenvalue weighted by atomic mass is 15.1. The van der Waals surface area contributed by atoms with Crippen LogP contribution >= 0.6 is 0 Å². The van der Waals surface area contributed by atoms with Crippen molar-refractivity contribution in [3.63, 3.8) is 0 Å². The van der Waals surface area contributed by atoms with Gasteiger partial charge in [0.25, 0.3) is 0 Å². The molecule has 1 fully saturated rings. The van der Waals surface area contributed by atoms with E-state index in [2.05, 4.69) is 15.5 Å². The Morgan fingerprint density at radius 2 is 2.29 bits per heavy atom. The lowest BCUT2D eigenvalue weighted by Crippen LogP contribution is -2.24. The molecule has 3 nitrogen and oxygen atoms in total. The topological polar surface area (TPSA) is 40.7 Å². The fraction of sp³-hybridized carbons (Fsp3) is 0.727. The van der Waals surface area contributed by atoms with Crippen LogP contribution in [0.4, 0.5) is 0 Å². The minimum absolute atomic E-state index is 0.928. The van der Waals surface area contributed by atoms with E-state index in [0.29, 0.717) is 0 Å².